The van der Waals surface area contributed by atoms with Crippen LogP contribution in [0.1, 0.15) is 41.0 Å². The van der Waals surface area contributed by atoms with Crippen LogP contribution in [0.2, 0.25) is 0 Å². The van der Waals surface area contributed by atoms with Gasteiger partial charge in [0.1, 0.15) is 0 Å². The third-order valence-corrected chi connectivity index (χ3v) is 1.18. The maximum absolute atomic E-state index is 4.99. The summed E-state index contributed by atoms with van der Waals surface area (Å²) in [7, 11) is 1.70. The Hall–Kier alpha value is -0.570. The molecule has 0 aromatic rings. The molecular formula is C10H26N2O. The van der Waals surface area contributed by atoms with E-state index < -0.39 is 0 Å². The monoisotopic (exact) mass is 190 g/mol. The second-order valence-corrected chi connectivity index (χ2v) is 1.90. The molecule has 0 saturated heterocycles. The van der Waals surface area contributed by atoms with Crippen molar-refractivity contribution in [2.24, 2.45) is 5.10 Å². The molecule has 3 nitrogen and oxygen atoms in total. The van der Waals surface area contributed by atoms with Gasteiger partial charge in [-0.2, -0.15) is 5.10 Å². The molecule has 0 aromatic heterocycles. The molecule has 1 unspecified atom stereocenters. The Labute approximate surface area is 83.6 Å². The number of methoxy groups -OCH3 is 1. The largest absolute Gasteiger partial charge is 0.382 e. The fraction of sp³-hybridized carbons (Fsp3) is 0.900. The lowest BCUT2D eigenvalue weighted by Gasteiger charge is -2.07. The SMILES string of the molecule is C=NNCCC(C)OC.CC.CC. The van der Waals surface area contributed by atoms with Crippen LogP contribution in [0.25, 0.3) is 0 Å². The number of ether oxygens (including phenoxy) is 1. The van der Waals surface area contributed by atoms with E-state index in [9.17, 15) is 0 Å². The lowest BCUT2D eigenvalue weighted by molar-refractivity contribution is 0.111. The van der Waals surface area contributed by atoms with Gasteiger partial charge in [-0.15, -0.1) is 0 Å². The van der Waals surface area contributed by atoms with Crippen molar-refractivity contribution in [1.29, 1.82) is 0 Å². The van der Waals surface area contributed by atoms with Crippen LogP contribution in [-0.4, -0.2) is 26.5 Å². The van der Waals surface area contributed by atoms with E-state index in [2.05, 4.69) is 17.2 Å². The van der Waals surface area contributed by atoms with Crippen LogP contribution in [0.4, 0.5) is 0 Å². The van der Waals surface area contributed by atoms with Crippen LogP contribution in [0.15, 0.2) is 5.10 Å². The smallest absolute Gasteiger partial charge is 0.0560 e. The van der Waals surface area contributed by atoms with E-state index in [0.717, 1.165) is 13.0 Å². The first kappa shape index (κ1) is 18.3. The minimum absolute atomic E-state index is 0.305. The zero-order chi connectivity index (χ0) is 11.1. The highest BCUT2D eigenvalue weighted by molar-refractivity contribution is 5.22. The molecule has 0 heterocycles. The lowest BCUT2D eigenvalue weighted by atomic mass is 10.3. The van der Waals surface area contributed by atoms with Gasteiger partial charge in [0.15, 0.2) is 0 Å². The van der Waals surface area contributed by atoms with Crippen LogP contribution >= 0.6 is 0 Å². The van der Waals surface area contributed by atoms with Crippen molar-refractivity contribution in [3.05, 3.63) is 0 Å². The minimum atomic E-state index is 0.305. The highest BCUT2D eigenvalue weighted by Gasteiger charge is 1.95. The van der Waals surface area contributed by atoms with Crippen molar-refractivity contribution in [2.75, 3.05) is 13.7 Å². The van der Waals surface area contributed by atoms with E-state index in [1.165, 1.54) is 0 Å². The fourth-order valence-corrected chi connectivity index (χ4v) is 0.465. The van der Waals surface area contributed by atoms with E-state index in [1.807, 2.05) is 34.6 Å². The van der Waals surface area contributed by atoms with Gasteiger partial charge in [0.05, 0.1) is 6.10 Å². The van der Waals surface area contributed by atoms with E-state index in [4.69, 9.17) is 4.74 Å². The van der Waals surface area contributed by atoms with E-state index in [-0.39, 0.29) is 0 Å². The Balaban J connectivity index is -0.000000218. The first-order valence-corrected chi connectivity index (χ1v) is 5.02. The topological polar surface area (TPSA) is 33.6 Å². The normalized spacial score (nSPS) is 9.69. The number of hydrogen-bond acceptors (Lipinski definition) is 3. The average molecular weight is 190 g/mol. The van der Waals surface area contributed by atoms with Crippen molar-refractivity contribution < 1.29 is 4.74 Å². The van der Waals surface area contributed by atoms with Gasteiger partial charge < -0.3 is 10.2 Å². The predicted molar refractivity (Wildman–Crippen MR) is 61.3 cm³/mol. The van der Waals surface area contributed by atoms with Gasteiger partial charge in [-0.3, -0.25) is 0 Å². The summed E-state index contributed by atoms with van der Waals surface area (Å²) in [6.45, 7) is 14.1. The van der Waals surface area contributed by atoms with Crippen LogP contribution in [0.3, 0.4) is 0 Å². The number of nitrogens with zero attached hydrogens (tertiary/aromatic N) is 1. The van der Waals surface area contributed by atoms with Gasteiger partial charge in [0.25, 0.3) is 0 Å². The van der Waals surface area contributed by atoms with Gasteiger partial charge in [-0.05, 0) is 13.3 Å². The van der Waals surface area contributed by atoms with Crippen molar-refractivity contribution in [3.8, 4) is 0 Å². The van der Waals surface area contributed by atoms with Crippen molar-refractivity contribution in [2.45, 2.75) is 47.1 Å². The highest BCUT2D eigenvalue weighted by atomic mass is 16.5. The van der Waals surface area contributed by atoms with Crippen LogP contribution in [-0.2, 0) is 4.74 Å². The predicted octanol–water partition coefficient (Wildman–Crippen LogP) is 2.67. The summed E-state index contributed by atoms with van der Waals surface area (Å²) >= 11 is 0. The van der Waals surface area contributed by atoms with E-state index in [0.29, 0.717) is 6.10 Å². The Bertz CT molecular complexity index is 77.3. The standard InChI is InChI=1S/C6H14N2O.2C2H6/c1-6(9-3)4-5-8-7-2;2*1-2/h6,8H,2,4-5H2,1,3H3;2*1-2H3. The zero-order valence-corrected chi connectivity index (χ0v) is 10.1. The number of hydrogen-bond donors (Lipinski definition) is 1. The van der Waals surface area contributed by atoms with Crippen LogP contribution < -0.4 is 5.43 Å². The third-order valence-electron chi connectivity index (χ3n) is 1.18. The maximum atomic E-state index is 4.99. The summed E-state index contributed by atoms with van der Waals surface area (Å²) in [5.74, 6) is 0. The number of nitrogens with one attached hydrogen (secondary N) is 1. The number of hydrazone groups is 1. The van der Waals surface area contributed by atoms with Crippen molar-refractivity contribution >= 4 is 6.72 Å². The van der Waals surface area contributed by atoms with Gasteiger partial charge in [-0.25, -0.2) is 0 Å². The van der Waals surface area contributed by atoms with Crippen molar-refractivity contribution in [1.82, 2.24) is 5.43 Å². The third kappa shape index (κ3) is 24.6. The first-order chi connectivity index (χ1) is 6.31. The summed E-state index contributed by atoms with van der Waals surface area (Å²) in [5.41, 5.74) is 2.75. The summed E-state index contributed by atoms with van der Waals surface area (Å²) < 4.78 is 4.99. The molecule has 0 aliphatic rings. The van der Waals surface area contributed by atoms with Crippen molar-refractivity contribution in [3.63, 3.8) is 0 Å². The molecule has 0 aliphatic heterocycles. The second kappa shape index (κ2) is 22.5. The Morgan fingerprint density at radius 3 is 2.08 bits per heavy atom. The summed E-state index contributed by atoms with van der Waals surface area (Å²) in [6.07, 6.45) is 1.27. The van der Waals surface area contributed by atoms with Crippen LogP contribution in [0, 0.1) is 0 Å². The highest BCUT2D eigenvalue weighted by Crippen LogP contribution is 1.91. The molecule has 3 heteroatoms. The zero-order valence-electron chi connectivity index (χ0n) is 10.1. The molecule has 0 aliphatic carbocycles. The molecule has 0 rings (SSSR count). The molecule has 0 radical (unpaired) electrons. The molecule has 13 heavy (non-hydrogen) atoms. The van der Waals surface area contributed by atoms with Gasteiger partial charge >= 0.3 is 0 Å². The first-order valence-electron chi connectivity index (χ1n) is 5.02. The summed E-state index contributed by atoms with van der Waals surface area (Å²) in [6, 6.07) is 0. The van der Waals surface area contributed by atoms with E-state index in [1.54, 1.807) is 7.11 Å². The molecule has 82 valence electrons. The Morgan fingerprint density at radius 1 is 1.31 bits per heavy atom. The molecular weight excluding hydrogens is 164 g/mol. The fourth-order valence-electron chi connectivity index (χ4n) is 0.465. The van der Waals surface area contributed by atoms with E-state index >= 15 is 0 Å². The molecule has 0 bridgehead atoms. The summed E-state index contributed by atoms with van der Waals surface area (Å²) in [4.78, 5) is 0. The summed E-state index contributed by atoms with van der Waals surface area (Å²) in [5, 5.41) is 3.49. The van der Waals surface area contributed by atoms with Gasteiger partial charge in [0, 0.05) is 20.4 Å². The molecule has 0 saturated carbocycles. The molecule has 1 atom stereocenters. The van der Waals surface area contributed by atoms with Crippen LogP contribution in [0.5, 0.6) is 0 Å². The van der Waals surface area contributed by atoms with Gasteiger partial charge in [-0.1, -0.05) is 27.7 Å². The average Bonchev–Trinajstić information content (AvgIpc) is 2.24. The number of rotatable bonds is 5. The quantitative estimate of drug-likeness (QED) is 0.411. The lowest BCUT2D eigenvalue weighted by Crippen LogP contribution is -2.14. The minimum Gasteiger partial charge on any atom is -0.382 e. The maximum Gasteiger partial charge on any atom is 0.0560 e. The second-order valence-electron chi connectivity index (χ2n) is 1.90. The molecule has 0 fully saturated rings. The Kier molecular flexibility index (Phi) is 31.6. The molecule has 0 spiro atoms. The molecule has 0 amide bonds. The van der Waals surface area contributed by atoms with Gasteiger partial charge in [0.2, 0.25) is 0 Å². The molecule has 1 N–H and O–H groups in total. The molecule has 0 aromatic carbocycles. The Morgan fingerprint density at radius 2 is 1.77 bits per heavy atom.